The van der Waals surface area contributed by atoms with Gasteiger partial charge in [0.15, 0.2) is 0 Å². The number of pyridine rings is 1. The van der Waals surface area contributed by atoms with Gasteiger partial charge in [-0.1, -0.05) is 23.7 Å². The predicted octanol–water partition coefficient (Wildman–Crippen LogP) is 3.71. The number of rotatable bonds is 7. The van der Waals surface area contributed by atoms with E-state index in [2.05, 4.69) is 16.4 Å². The van der Waals surface area contributed by atoms with Crippen LogP contribution in [0.4, 0.5) is 10.5 Å². The van der Waals surface area contributed by atoms with Gasteiger partial charge in [0.25, 0.3) is 0 Å². The number of fused-ring (bicyclic) bond motifs is 2. The van der Waals surface area contributed by atoms with E-state index in [4.69, 9.17) is 27.9 Å². The number of anilines is 1. The number of hydrogen-bond acceptors (Lipinski definition) is 8. The Morgan fingerprint density at radius 3 is 2.62 bits per heavy atom. The number of aromatic nitrogens is 1. The number of halogens is 1. The lowest BCUT2D eigenvalue weighted by Crippen LogP contribution is -2.55. The number of carbonyl (C=O) groups is 2. The van der Waals surface area contributed by atoms with Crippen molar-refractivity contribution in [2.24, 2.45) is 17.5 Å². The molecule has 4 atom stereocenters. The van der Waals surface area contributed by atoms with Crippen LogP contribution < -0.4 is 21.9 Å². The summed E-state index contributed by atoms with van der Waals surface area (Å²) < 4.78 is 5.57. The topological polar surface area (TPSA) is 151 Å². The summed E-state index contributed by atoms with van der Waals surface area (Å²) in [6.45, 7) is 5.41. The van der Waals surface area contributed by atoms with Crippen molar-refractivity contribution in [3.63, 3.8) is 0 Å². The molecule has 1 saturated heterocycles. The van der Waals surface area contributed by atoms with Crippen molar-refractivity contribution in [3.05, 3.63) is 65.1 Å². The Bertz CT molecular complexity index is 1270. The third-order valence-corrected chi connectivity index (χ3v) is 7.13. The largest absolute Gasteiger partial charge is 0.444 e. The number of likely N-dealkylation sites (tertiary alicyclic amines) is 1. The molecule has 0 spiro atoms. The number of nitrogens with one attached hydrogen (secondary N) is 1. The van der Waals surface area contributed by atoms with Crippen LogP contribution in [-0.4, -0.2) is 45.6 Å². The molecule has 1 aliphatic heterocycles. The zero-order valence-electron chi connectivity index (χ0n) is 22.3. The highest BCUT2D eigenvalue weighted by atomic mass is 35.5. The van der Waals surface area contributed by atoms with Gasteiger partial charge in [-0.3, -0.25) is 19.7 Å². The highest BCUT2D eigenvalue weighted by molar-refractivity contribution is 6.30. The molecule has 2 aliphatic rings. The third-order valence-electron chi connectivity index (χ3n) is 6.91. The number of benzene rings is 1. The molecule has 2 heterocycles. The lowest BCUT2D eigenvalue weighted by atomic mass is 9.97. The van der Waals surface area contributed by atoms with Gasteiger partial charge >= 0.3 is 6.09 Å². The second-order valence-electron chi connectivity index (χ2n) is 11.0. The van der Waals surface area contributed by atoms with Crippen molar-refractivity contribution < 1.29 is 14.3 Å². The molecule has 0 radical (unpaired) electrons. The van der Waals surface area contributed by atoms with Gasteiger partial charge in [0.1, 0.15) is 17.7 Å². The maximum atomic E-state index is 13.3. The Kier molecular flexibility index (Phi) is 8.33. The van der Waals surface area contributed by atoms with E-state index < -0.39 is 23.8 Å². The van der Waals surface area contributed by atoms with Gasteiger partial charge in [0.2, 0.25) is 5.91 Å². The van der Waals surface area contributed by atoms with Crippen LogP contribution in [0, 0.1) is 17.2 Å². The number of nitriles is 1. The summed E-state index contributed by atoms with van der Waals surface area (Å²) in [5.41, 5.74) is 7.86. The normalized spacial score (nSPS) is 21.3. The van der Waals surface area contributed by atoms with Gasteiger partial charge in [0, 0.05) is 24.9 Å². The van der Waals surface area contributed by atoms with Crippen LogP contribution in [0.5, 0.6) is 0 Å². The van der Waals surface area contributed by atoms with E-state index in [1.165, 1.54) is 11.2 Å². The molecule has 2 bridgehead atoms. The van der Waals surface area contributed by atoms with Crippen LogP contribution in [0.15, 0.2) is 48.8 Å². The van der Waals surface area contributed by atoms with Gasteiger partial charge in [-0.25, -0.2) is 10.6 Å². The van der Waals surface area contributed by atoms with Crippen molar-refractivity contribution >= 4 is 35.0 Å². The van der Waals surface area contributed by atoms with E-state index in [1.54, 1.807) is 56.1 Å². The fraction of sp³-hybridized carbons (Fsp3) is 0.429. The molecule has 5 N–H and O–H groups in total. The first kappa shape index (κ1) is 28.2. The maximum absolute atomic E-state index is 13.3. The molecule has 0 unspecified atom stereocenters. The standard InChI is InChI=1S/C28H34ClN7O3/c1-28(2,3)39-27(38)36-22-10-6-18(13-22)25(36)26(37)34-20(14-30)12-17-4-8-21(9-5-17)35(32)16-23(31)24-11-7-19(29)15-33-24/h4-5,7-9,11,15-16,18,20,22,25H,6,10,12-13,31-32H2,1-3H3,(H,34,37)/b23-16-/t18-,20-,22+,25-/m0/s1. The number of nitrogens with two attached hydrogens (primary N) is 2. The monoisotopic (exact) mass is 551 g/mol. The van der Waals surface area contributed by atoms with E-state index in [9.17, 15) is 14.9 Å². The second-order valence-corrected chi connectivity index (χ2v) is 11.4. The summed E-state index contributed by atoms with van der Waals surface area (Å²) in [5, 5.41) is 14.5. The molecule has 1 saturated carbocycles. The first-order valence-electron chi connectivity index (χ1n) is 12.9. The minimum Gasteiger partial charge on any atom is -0.444 e. The predicted molar refractivity (Wildman–Crippen MR) is 149 cm³/mol. The fourth-order valence-corrected chi connectivity index (χ4v) is 5.28. The van der Waals surface area contributed by atoms with Crippen molar-refractivity contribution in [2.45, 2.75) is 70.2 Å². The van der Waals surface area contributed by atoms with Crippen molar-refractivity contribution in [3.8, 4) is 6.07 Å². The summed E-state index contributed by atoms with van der Waals surface area (Å²) in [6, 6.07) is 11.4. The highest BCUT2D eigenvalue weighted by Gasteiger charge is 2.52. The minimum atomic E-state index is -0.761. The maximum Gasteiger partial charge on any atom is 0.411 e. The summed E-state index contributed by atoms with van der Waals surface area (Å²) in [4.78, 5) is 31.9. The summed E-state index contributed by atoms with van der Waals surface area (Å²) >= 11 is 5.87. The first-order chi connectivity index (χ1) is 18.4. The first-order valence-corrected chi connectivity index (χ1v) is 13.3. The number of amides is 2. The summed E-state index contributed by atoms with van der Waals surface area (Å²) in [6.07, 6.45) is 5.39. The van der Waals surface area contributed by atoms with Gasteiger partial charge in [-0.2, -0.15) is 5.26 Å². The Hall–Kier alpha value is -3.81. The molecule has 2 fully saturated rings. The molecule has 1 aliphatic carbocycles. The van der Waals surface area contributed by atoms with Gasteiger partial charge in [-0.05, 0) is 75.8 Å². The average molecular weight is 552 g/mol. The third kappa shape index (κ3) is 6.80. The van der Waals surface area contributed by atoms with E-state index in [0.29, 0.717) is 28.5 Å². The number of piperidine rings is 1. The second kappa shape index (κ2) is 11.5. The Balaban J connectivity index is 1.38. The molecule has 1 aromatic carbocycles. The number of ether oxygens (including phenoxy) is 1. The summed E-state index contributed by atoms with van der Waals surface area (Å²) in [7, 11) is 0. The molecule has 1 aromatic heterocycles. The van der Waals surface area contributed by atoms with Gasteiger partial charge < -0.3 is 15.8 Å². The van der Waals surface area contributed by atoms with E-state index in [1.807, 2.05) is 12.1 Å². The van der Waals surface area contributed by atoms with Crippen LogP contribution in [0.25, 0.3) is 5.70 Å². The van der Waals surface area contributed by atoms with Crippen LogP contribution in [0.2, 0.25) is 5.02 Å². The molecule has 11 heteroatoms. The SMILES string of the molecule is CC(C)(C)OC(=O)N1[C@@H]2CC[C@@H](C2)[C@H]1C(=O)N[C@H](C#N)Cc1ccc(N(N)/C=C(\N)c2ccc(Cl)cn2)cc1. The van der Waals surface area contributed by atoms with Crippen LogP contribution >= 0.6 is 11.6 Å². The number of carbonyl (C=O) groups excluding carboxylic acids is 2. The van der Waals surface area contributed by atoms with Crippen LogP contribution in [0.3, 0.4) is 0 Å². The van der Waals surface area contributed by atoms with Gasteiger partial charge in [0.05, 0.1) is 28.2 Å². The fourth-order valence-electron chi connectivity index (χ4n) is 5.17. The smallest absolute Gasteiger partial charge is 0.411 e. The molecular formula is C28H34ClN7O3. The molecule has 10 nitrogen and oxygen atoms in total. The van der Waals surface area contributed by atoms with Gasteiger partial charge in [-0.15, -0.1) is 0 Å². The zero-order chi connectivity index (χ0) is 28.3. The van der Waals surface area contributed by atoms with Crippen LogP contribution in [0.1, 0.15) is 51.3 Å². The van der Waals surface area contributed by atoms with Crippen molar-refractivity contribution in [1.29, 1.82) is 5.26 Å². The highest BCUT2D eigenvalue weighted by Crippen LogP contribution is 2.43. The molecule has 2 amide bonds. The van der Waals surface area contributed by atoms with E-state index in [-0.39, 0.29) is 17.9 Å². The number of hydrazine groups is 1. The average Bonchev–Trinajstić information content (AvgIpc) is 3.50. The quantitative estimate of drug-likeness (QED) is 0.348. The van der Waals surface area contributed by atoms with Crippen molar-refractivity contribution in [2.75, 3.05) is 5.01 Å². The molecule has 2 aromatic rings. The van der Waals surface area contributed by atoms with Crippen molar-refractivity contribution in [1.82, 2.24) is 15.2 Å². The van der Waals surface area contributed by atoms with E-state index in [0.717, 1.165) is 24.8 Å². The molecule has 4 rings (SSSR count). The minimum absolute atomic E-state index is 0.00792. The lowest BCUT2D eigenvalue weighted by Gasteiger charge is -2.35. The molecular weight excluding hydrogens is 518 g/mol. The molecule has 39 heavy (non-hydrogen) atoms. The Morgan fingerprint density at radius 1 is 1.28 bits per heavy atom. The van der Waals surface area contributed by atoms with Crippen LogP contribution in [-0.2, 0) is 16.0 Å². The lowest BCUT2D eigenvalue weighted by molar-refractivity contribution is -0.128. The Morgan fingerprint density at radius 2 is 2.00 bits per heavy atom. The van der Waals surface area contributed by atoms with E-state index >= 15 is 0 Å². The number of nitrogens with zero attached hydrogens (tertiary/aromatic N) is 4. The zero-order valence-corrected chi connectivity index (χ0v) is 23.1. The summed E-state index contributed by atoms with van der Waals surface area (Å²) in [5.74, 6) is 5.90. The Labute approximate surface area is 233 Å². The number of hydrogen-bond donors (Lipinski definition) is 3. The molecule has 206 valence electrons.